The number of aromatic nitrogens is 5. The van der Waals surface area contributed by atoms with Gasteiger partial charge in [0.15, 0.2) is 28.9 Å². The van der Waals surface area contributed by atoms with Gasteiger partial charge in [-0.3, -0.25) is 43.9 Å². The van der Waals surface area contributed by atoms with Crippen molar-refractivity contribution in [3.8, 4) is 56.3 Å². The number of pyridine rings is 5. The first kappa shape index (κ1) is 133. The number of allylic oxidation sites excluding steroid dienone is 10. The summed E-state index contributed by atoms with van der Waals surface area (Å²) < 4.78 is 0. The Hall–Kier alpha value is -11.5. The zero-order valence-electron chi connectivity index (χ0n) is 89.7. The number of benzene rings is 10. The summed E-state index contributed by atoms with van der Waals surface area (Å²) in [6, 6.07) is 93.9. The van der Waals surface area contributed by atoms with Crippen molar-refractivity contribution in [2.75, 3.05) is 0 Å². The molecule has 0 saturated heterocycles. The Bertz CT molecular complexity index is 6820. The quantitative estimate of drug-likeness (QED) is 0.0323. The summed E-state index contributed by atoms with van der Waals surface area (Å²) in [4.78, 5) is 74.6. The van der Waals surface area contributed by atoms with Gasteiger partial charge in [-0.1, -0.05) is 244 Å². The monoisotopic (exact) mass is 2850 g/mol. The summed E-state index contributed by atoms with van der Waals surface area (Å²) >= 11 is 0. The van der Waals surface area contributed by atoms with Crippen LogP contribution in [0.3, 0.4) is 0 Å². The summed E-state index contributed by atoms with van der Waals surface area (Å²) in [6.45, 7) is 54.5. The number of rotatable bonds is 17. The second-order valence-electron chi connectivity index (χ2n) is 37.6. The number of aryl methyl sites for hydroxylation is 9. The molecule has 781 valence electrons. The molecule has 0 amide bonds. The zero-order valence-corrected chi connectivity index (χ0v) is 102. The summed E-state index contributed by atoms with van der Waals surface area (Å²) in [5.74, 6) is 2.33. The van der Waals surface area contributed by atoms with E-state index in [0.717, 1.165) is 120 Å². The minimum atomic E-state index is -0.125. The van der Waals surface area contributed by atoms with Crippen LogP contribution >= 0.6 is 0 Å². The molecule has 10 aromatic carbocycles. The van der Waals surface area contributed by atoms with Crippen LogP contribution in [-0.2, 0) is 144 Å². The fraction of sp³-hybridized carbons (Fsp3) is 0.286. The smallest absolute Gasteiger partial charge is 0.158 e. The number of aliphatic hydroxyl groups excluding tert-OH is 5. The first-order valence-electron chi connectivity index (χ1n) is 47.7. The zero-order chi connectivity index (χ0) is 105. The maximum absolute atomic E-state index is 10.4. The van der Waals surface area contributed by atoms with Crippen LogP contribution in [0.5, 0.6) is 0 Å². The SMILES string of the molecule is CC(=O)C(C)=C(C)O.CC(=O)C(C)=C(C)O.CC(=O)C=C(C)O.CC(=O)C=C(C)O.CC(=O)C=C(C)O.CC(C)Cc1[c-]c(-c2ccc3ccccc3n2)cc(CC(C)C)c1.Cc1[c-]c(-c2ccc3ccc(CC(C)C)cc3n2)cc(C)c1.Cc1[c-]c(-c2ccc3ccccc3n2)cc(C)c1.Cc1[c-]c(-c2nc3ccccc3cc2C)cc(C)c1.Cc1[c-]c(-c2nccc3ccc(C(C)C)cc23)cc(C)c1.[Ir].[Ir].[Ir].[Ir].[Ir]. The van der Waals surface area contributed by atoms with E-state index in [0.29, 0.717) is 34.8 Å². The van der Waals surface area contributed by atoms with Crippen LogP contribution in [0.2, 0.25) is 0 Å². The number of nitrogens with zero attached hydrogens (tertiary/aromatic N) is 5. The molecule has 5 N–H and O–H groups in total. The van der Waals surface area contributed by atoms with Crippen molar-refractivity contribution in [3.05, 3.63) is 385 Å². The van der Waals surface area contributed by atoms with Crippen LogP contribution in [0, 0.1) is 110 Å². The van der Waals surface area contributed by atoms with Crippen molar-refractivity contribution in [2.45, 2.75) is 226 Å². The molecule has 146 heavy (non-hydrogen) atoms. The number of Topliss-reactive ketones (excluding diaryl/α,β-unsaturated/α-hetero) is 2. The van der Waals surface area contributed by atoms with E-state index >= 15 is 0 Å². The molecule has 0 unspecified atom stereocenters. The van der Waals surface area contributed by atoms with Gasteiger partial charge in [-0.2, -0.15) is 0 Å². The van der Waals surface area contributed by atoms with Gasteiger partial charge in [0.05, 0.1) is 50.9 Å². The normalized spacial score (nSPS) is 11.0. The minimum Gasteiger partial charge on any atom is -0.512 e. The van der Waals surface area contributed by atoms with Crippen LogP contribution in [0.1, 0.15) is 217 Å². The molecule has 5 aromatic heterocycles. The molecule has 15 aromatic rings. The molecule has 0 saturated carbocycles. The number of ketones is 5. The summed E-state index contributed by atoms with van der Waals surface area (Å²) in [6.07, 6.45) is 8.64. The van der Waals surface area contributed by atoms with Gasteiger partial charge in [-0.15, -0.1) is 174 Å². The Morgan fingerprint density at radius 3 is 1.00 bits per heavy atom. The van der Waals surface area contributed by atoms with Crippen LogP contribution in [0.15, 0.2) is 283 Å². The first-order chi connectivity index (χ1) is 66.4. The molecule has 0 aliphatic carbocycles. The number of carbonyl (C=O) groups is 5. The van der Waals surface area contributed by atoms with Crippen LogP contribution < -0.4 is 0 Å². The average Bonchev–Trinajstić information content (AvgIpc) is 0.794. The second-order valence-corrected chi connectivity index (χ2v) is 37.6. The average molecular weight is 2850 g/mol. The summed E-state index contributed by atoms with van der Waals surface area (Å²) in [5.41, 5.74) is 31.8. The van der Waals surface area contributed by atoms with Crippen molar-refractivity contribution in [3.63, 3.8) is 0 Å². The van der Waals surface area contributed by atoms with Crippen molar-refractivity contribution in [2.24, 2.45) is 17.8 Å². The first-order valence-corrected chi connectivity index (χ1v) is 47.7. The number of para-hydroxylation sites is 3. The third kappa shape index (κ3) is 47.2. The number of fused-ring (bicyclic) bond motifs is 5. The van der Waals surface area contributed by atoms with E-state index in [1.54, 1.807) is 13.8 Å². The Morgan fingerprint density at radius 1 is 0.308 bits per heavy atom. The summed E-state index contributed by atoms with van der Waals surface area (Å²) in [7, 11) is 0. The maximum Gasteiger partial charge on any atom is 0.158 e. The summed E-state index contributed by atoms with van der Waals surface area (Å²) in [5, 5.41) is 49.6. The van der Waals surface area contributed by atoms with E-state index in [-0.39, 0.29) is 158 Å². The van der Waals surface area contributed by atoms with E-state index in [2.05, 4.69) is 335 Å². The molecule has 15 rings (SSSR count). The molecule has 0 fully saturated rings. The van der Waals surface area contributed by atoms with Crippen molar-refractivity contribution >= 4 is 83.3 Å². The predicted octanol–water partition coefficient (Wildman–Crippen LogP) is 32.0. The number of hydrogen-bond acceptors (Lipinski definition) is 15. The standard InChI is InChI=1S/C23H26N.C21H22N.C20H20N.C18H16N.C17H14N.2C6H10O2.3C5H8O2.5Ir/c1-16(2)11-18-13-19(12-17(3)4)15-21(14-18)23-10-9-20-7-5-6-8-22(20)24-23;1-14(2)9-17-5-6-18-7-8-20(22-21(18)13-17)19-11-15(3)10-16(4)12-19;1-13(2)17-6-5-16-7-8-21-20(19(16)12-17)18-10-14(3)9-15(4)11-18;1-12-8-13(2)10-16(9-12)18-14(3)11-15-6-4-5-7-17(15)19-18;1-12-9-13(2)11-15(10-12)17-8-7-14-5-3-4-6-16(14)18-17;2*1-4(5(2)7)6(3)8;3*1-4(6)3-5(2)7;;;;;/h5-10,13-14,16-17H,11-12H2,1-4H3;5-8,10-11,13-14H,9H2,1-4H3;5-10,12-13H,1-4H3;4-9,11H,1-3H3;3-10H,1-2H3;2*7H,1-3H3;3*3,6H,1-2H3;;;;;/q5*-1;;;;;;;;;;. The Labute approximate surface area is 935 Å². The molecule has 0 bridgehead atoms. The van der Waals surface area contributed by atoms with Crippen molar-refractivity contribution in [1.29, 1.82) is 0 Å². The number of hydrogen-bond donors (Lipinski definition) is 5. The molecule has 0 aliphatic rings. The predicted molar refractivity (Wildman–Crippen MR) is 587 cm³/mol. The Balaban J connectivity index is 0.000000835. The molecule has 15 nitrogen and oxygen atoms in total. The Kier molecular flexibility index (Phi) is 59.9. The van der Waals surface area contributed by atoms with Crippen LogP contribution in [-0.4, -0.2) is 79.4 Å². The number of aliphatic hydroxyl groups is 5. The van der Waals surface area contributed by atoms with Crippen LogP contribution in [0.25, 0.3) is 111 Å². The van der Waals surface area contributed by atoms with Gasteiger partial charge in [0.25, 0.3) is 0 Å². The van der Waals surface area contributed by atoms with Gasteiger partial charge in [0.2, 0.25) is 0 Å². The van der Waals surface area contributed by atoms with E-state index in [1.807, 2.05) is 42.6 Å². The van der Waals surface area contributed by atoms with Crippen molar-refractivity contribution < 1.29 is 150 Å². The molecule has 0 spiro atoms. The largest absolute Gasteiger partial charge is 0.512 e. The van der Waals surface area contributed by atoms with E-state index < -0.39 is 0 Å². The molecule has 5 heterocycles. The molecule has 0 aliphatic heterocycles. The van der Waals surface area contributed by atoms with E-state index in [1.165, 1.54) is 170 Å². The third-order valence-electron chi connectivity index (χ3n) is 21.5. The van der Waals surface area contributed by atoms with Crippen molar-refractivity contribution in [1.82, 2.24) is 24.9 Å². The van der Waals surface area contributed by atoms with E-state index in [9.17, 15) is 24.0 Å². The maximum atomic E-state index is 10.4. The molecular formula is C126H142Ir5N5O10-5. The molecule has 20 heteroatoms. The molecule has 5 radical (unpaired) electrons. The van der Waals surface area contributed by atoms with Gasteiger partial charge in [-0.05, 0) is 235 Å². The number of carbonyl (C=O) groups excluding carboxylic acids is 5. The third-order valence-corrected chi connectivity index (χ3v) is 21.5. The molecule has 0 atom stereocenters. The fourth-order valence-electron chi connectivity index (χ4n) is 15.1. The van der Waals surface area contributed by atoms with E-state index in [4.69, 9.17) is 45.5 Å². The minimum absolute atomic E-state index is 0. The topological polar surface area (TPSA) is 251 Å². The van der Waals surface area contributed by atoms with Gasteiger partial charge >= 0.3 is 0 Å². The van der Waals surface area contributed by atoms with Gasteiger partial charge in [-0.25, -0.2) is 0 Å². The van der Waals surface area contributed by atoms with Gasteiger partial charge in [0.1, 0.15) is 0 Å². The van der Waals surface area contributed by atoms with Crippen LogP contribution in [0.4, 0.5) is 0 Å². The Morgan fingerprint density at radius 2 is 0.644 bits per heavy atom. The second kappa shape index (κ2) is 66.0. The van der Waals surface area contributed by atoms with Gasteiger partial charge in [0, 0.05) is 136 Å². The molecular weight excluding hydrogens is 2700 g/mol. The fourth-order valence-corrected chi connectivity index (χ4v) is 15.1. The van der Waals surface area contributed by atoms with Gasteiger partial charge < -0.3 is 30.5 Å².